The van der Waals surface area contributed by atoms with Crippen LogP contribution in [0, 0.1) is 6.92 Å². The van der Waals surface area contributed by atoms with E-state index in [2.05, 4.69) is 25.6 Å². The van der Waals surface area contributed by atoms with Crippen molar-refractivity contribution in [2.75, 3.05) is 20.8 Å². The Balaban J connectivity index is 1.90. The fourth-order valence-electron chi connectivity index (χ4n) is 1.84. The van der Waals surface area contributed by atoms with Crippen LogP contribution < -0.4 is 14.8 Å². The van der Waals surface area contributed by atoms with Crippen LogP contribution in [-0.2, 0) is 13.0 Å². The Kier molecular flexibility index (Phi) is 5.25. The van der Waals surface area contributed by atoms with Crippen LogP contribution in [0.1, 0.15) is 16.3 Å². The number of hydrogen-bond acceptors (Lipinski definition) is 7. The van der Waals surface area contributed by atoms with Crippen LogP contribution in [0.25, 0.3) is 0 Å². The molecule has 7 heteroatoms. The van der Waals surface area contributed by atoms with E-state index in [0.29, 0.717) is 18.3 Å². The van der Waals surface area contributed by atoms with Crippen LogP contribution >= 0.6 is 11.3 Å². The highest BCUT2D eigenvalue weighted by Crippen LogP contribution is 2.22. The third-order valence-electron chi connectivity index (χ3n) is 2.78. The van der Waals surface area contributed by atoms with E-state index in [0.717, 1.165) is 29.2 Å². The first-order valence-electron chi connectivity index (χ1n) is 6.28. The molecule has 6 nitrogen and oxygen atoms in total. The lowest BCUT2D eigenvalue weighted by Crippen LogP contribution is -2.18. The van der Waals surface area contributed by atoms with Crippen molar-refractivity contribution in [3.63, 3.8) is 0 Å². The van der Waals surface area contributed by atoms with Gasteiger partial charge in [0.15, 0.2) is 0 Å². The summed E-state index contributed by atoms with van der Waals surface area (Å²) in [5, 5.41) is 6.52. The topological polar surface area (TPSA) is 69.2 Å². The summed E-state index contributed by atoms with van der Waals surface area (Å²) in [7, 11) is 3.17. The highest BCUT2D eigenvalue weighted by atomic mass is 32.1. The molecule has 0 aliphatic rings. The summed E-state index contributed by atoms with van der Waals surface area (Å²) in [6, 6.07) is 0. The zero-order valence-electron chi connectivity index (χ0n) is 11.8. The van der Waals surface area contributed by atoms with E-state index < -0.39 is 0 Å². The highest BCUT2D eigenvalue weighted by Gasteiger charge is 2.12. The number of aromatic nitrogens is 3. The molecule has 0 saturated carbocycles. The van der Waals surface area contributed by atoms with Gasteiger partial charge in [-0.1, -0.05) is 0 Å². The van der Waals surface area contributed by atoms with Gasteiger partial charge in [0.2, 0.25) is 11.8 Å². The zero-order chi connectivity index (χ0) is 14.4. The Morgan fingerprint density at radius 2 is 1.90 bits per heavy atom. The maximum absolute atomic E-state index is 5.22. The van der Waals surface area contributed by atoms with Crippen molar-refractivity contribution in [3.8, 4) is 11.8 Å². The van der Waals surface area contributed by atoms with Crippen molar-refractivity contribution >= 4 is 11.3 Å². The van der Waals surface area contributed by atoms with Crippen LogP contribution in [-0.4, -0.2) is 35.7 Å². The fourth-order valence-corrected chi connectivity index (χ4v) is 2.48. The Morgan fingerprint density at radius 3 is 2.45 bits per heavy atom. The minimum atomic E-state index is 0.536. The summed E-state index contributed by atoms with van der Waals surface area (Å²) in [5.74, 6) is 1.07. The molecule has 0 aliphatic carbocycles. The van der Waals surface area contributed by atoms with Crippen molar-refractivity contribution in [1.29, 1.82) is 0 Å². The minimum Gasteiger partial charge on any atom is -0.481 e. The van der Waals surface area contributed by atoms with E-state index in [1.54, 1.807) is 25.6 Å². The van der Waals surface area contributed by atoms with Crippen LogP contribution in [0.2, 0.25) is 0 Å². The number of methoxy groups -OCH3 is 2. The second-order valence-corrected chi connectivity index (χ2v) is 5.22. The van der Waals surface area contributed by atoms with Gasteiger partial charge in [0.1, 0.15) is 6.33 Å². The lowest BCUT2D eigenvalue weighted by atomic mass is 10.3. The van der Waals surface area contributed by atoms with Gasteiger partial charge in [-0.3, -0.25) is 0 Å². The average molecular weight is 294 g/mol. The van der Waals surface area contributed by atoms with Crippen molar-refractivity contribution in [2.45, 2.75) is 19.9 Å². The standard InChI is InChI=1S/C13H18N4O2S/c1-9-17-10(7-20-9)4-5-14-6-11-12(18-2)15-8-16-13(11)19-3/h7-8,14H,4-6H2,1-3H3. The summed E-state index contributed by atoms with van der Waals surface area (Å²) in [6.07, 6.45) is 2.32. The van der Waals surface area contributed by atoms with Crippen LogP contribution in [0.3, 0.4) is 0 Å². The van der Waals surface area contributed by atoms with Crippen molar-refractivity contribution < 1.29 is 9.47 Å². The Hall–Kier alpha value is -1.73. The fraction of sp³-hybridized carbons (Fsp3) is 0.462. The lowest BCUT2D eigenvalue weighted by Gasteiger charge is -2.11. The van der Waals surface area contributed by atoms with E-state index in [1.807, 2.05) is 6.92 Å². The summed E-state index contributed by atoms with van der Waals surface area (Å²) in [5.41, 5.74) is 1.94. The first-order valence-corrected chi connectivity index (χ1v) is 7.16. The van der Waals surface area contributed by atoms with Gasteiger partial charge in [-0.05, 0) is 6.92 Å². The van der Waals surface area contributed by atoms with Crippen molar-refractivity contribution in [2.24, 2.45) is 0 Å². The highest BCUT2D eigenvalue weighted by molar-refractivity contribution is 7.09. The average Bonchev–Trinajstić information content (AvgIpc) is 2.89. The second kappa shape index (κ2) is 7.16. The minimum absolute atomic E-state index is 0.536. The molecule has 2 aromatic rings. The molecule has 0 atom stereocenters. The quantitative estimate of drug-likeness (QED) is 0.782. The molecule has 0 aromatic carbocycles. The SMILES string of the molecule is COc1ncnc(OC)c1CNCCc1csc(C)n1. The Labute approximate surface area is 122 Å². The molecule has 0 spiro atoms. The normalized spacial score (nSPS) is 10.6. The smallest absolute Gasteiger partial charge is 0.224 e. The van der Waals surface area contributed by atoms with Crippen LogP contribution in [0.4, 0.5) is 0 Å². The van der Waals surface area contributed by atoms with Crippen molar-refractivity contribution in [3.05, 3.63) is 28.0 Å². The van der Waals surface area contributed by atoms with Crippen LogP contribution in [0.15, 0.2) is 11.7 Å². The predicted molar refractivity (Wildman–Crippen MR) is 77.4 cm³/mol. The van der Waals surface area contributed by atoms with Gasteiger partial charge in [-0.25, -0.2) is 15.0 Å². The number of thiazole rings is 1. The van der Waals surface area contributed by atoms with Gasteiger partial charge in [0.25, 0.3) is 0 Å². The molecule has 0 unspecified atom stereocenters. The number of nitrogens with one attached hydrogen (secondary N) is 1. The van der Waals surface area contributed by atoms with Gasteiger partial charge < -0.3 is 14.8 Å². The molecule has 0 radical (unpaired) electrons. The molecular formula is C13H18N4O2S. The molecule has 2 heterocycles. The number of rotatable bonds is 7. The molecule has 20 heavy (non-hydrogen) atoms. The molecule has 0 aliphatic heterocycles. The number of ether oxygens (including phenoxy) is 2. The molecule has 0 saturated heterocycles. The predicted octanol–water partition coefficient (Wildman–Crippen LogP) is 1.59. The first-order chi connectivity index (χ1) is 9.74. The molecule has 0 bridgehead atoms. The number of aryl methyl sites for hydroxylation is 1. The first kappa shape index (κ1) is 14.7. The summed E-state index contributed by atoms with van der Waals surface area (Å²) >= 11 is 1.67. The molecule has 108 valence electrons. The molecule has 1 N–H and O–H groups in total. The third-order valence-corrected chi connectivity index (χ3v) is 3.60. The zero-order valence-corrected chi connectivity index (χ0v) is 12.7. The maximum Gasteiger partial charge on any atom is 0.224 e. The molecule has 0 amide bonds. The Bertz CT molecular complexity index is 537. The Morgan fingerprint density at radius 1 is 1.20 bits per heavy atom. The molecular weight excluding hydrogens is 276 g/mol. The van der Waals surface area contributed by atoms with E-state index in [4.69, 9.17) is 9.47 Å². The van der Waals surface area contributed by atoms with E-state index in [9.17, 15) is 0 Å². The van der Waals surface area contributed by atoms with Gasteiger partial charge in [-0.2, -0.15) is 0 Å². The molecule has 0 fully saturated rings. The van der Waals surface area contributed by atoms with Gasteiger partial charge in [-0.15, -0.1) is 11.3 Å². The maximum atomic E-state index is 5.22. The van der Waals surface area contributed by atoms with Crippen LogP contribution in [0.5, 0.6) is 11.8 Å². The lowest BCUT2D eigenvalue weighted by molar-refractivity contribution is 0.359. The van der Waals surface area contributed by atoms with Gasteiger partial charge in [0.05, 0.1) is 30.5 Å². The largest absolute Gasteiger partial charge is 0.481 e. The molecule has 2 rings (SSSR count). The summed E-state index contributed by atoms with van der Waals surface area (Å²) in [4.78, 5) is 12.6. The third kappa shape index (κ3) is 3.64. The van der Waals surface area contributed by atoms with Gasteiger partial charge >= 0.3 is 0 Å². The monoisotopic (exact) mass is 294 g/mol. The van der Waals surface area contributed by atoms with E-state index in [-0.39, 0.29) is 0 Å². The van der Waals surface area contributed by atoms with E-state index >= 15 is 0 Å². The summed E-state index contributed by atoms with van der Waals surface area (Å²) < 4.78 is 10.4. The molecule has 2 aromatic heterocycles. The number of hydrogen-bond donors (Lipinski definition) is 1. The van der Waals surface area contributed by atoms with Gasteiger partial charge in [0, 0.05) is 24.9 Å². The van der Waals surface area contributed by atoms with Crippen molar-refractivity contribution in [1.82, 2.24) is 20.3 Å². The summed E-state index contributed by atoms with van der Waals surface area (Å²) in [6.45, 7) is 3.43. The number of nitrogens with zero attached hydrogens (tertiary/aromatic N) is 3. The van der Waals surface area contributed by atoms with E-state index in [1.165, 1.54) is 6.33 Å². The second-order valence-electron chi connectivity index (χ2n) is 4.16.